The average Bonchev–Trinajstić information content (AvgIpc) is 3.32. The Labute approximate surface area is 224 Å². The standard InChI is InChI=1S/C26H28BrN5O4S/c1-35-21-9-10-24(36-2)25(14-21)37(33,34)31-12-4-6-19(17-31)23-13-20(8-7-18-5-3-11-28-15-18)32-26(30-23)22(27)16-29-32/h3,5,9-11,13-16,19H,4,6-8,12,17H2,1-2H3. The molecule has 1 aliphatic rings. The van der Waals surface area contributed by atoms with Gasteiger partial charge >= 0.3 is 0 Å². The predicted molar refractivity (Wildman–Crippen MR) is 143 cm³/mol. The van der Waals surface area contributed by atoms with Crippen LogP contribution in [-0.4, -0.2) is 59.6 Å². The first kappa shape index (κ1) is 25.6. The lowest BCUT2D eigenvalue weighted by atomic mass is 9.95. The number of ether oxygens (including phenoxy) is 2. The van der Waals surface area contributed by atoms with E-state index in [2.05, 4.69) is 38.1 Å². The minimum Gasteiger partial charge on any atom is -0.497 e. The van der Waals surface area contributed by atoms with Gasteiger partial charge < -0.3 is 9.47 Å². The molecule has 0 amide bonds. The third-order valence-corrected chi connectivity index (χ3v) is 9.15. The van der Waals surface area contributed by atoms with E-state index in [1.807, 2.05) is 16.8 Å². The highest BCUT2D eigenvalue weighted by molar-refractivity contribution is 9.10. The van der Waals surface area contributed by atoms with E-state index in [9.17, 15) is 8.42 Å². The van der Waals surface area contributed by atoms with Crippen molar-refractivity contribution in [3.8, 4) is 11.5 Å². The zero-order valence-electron chi connectivity index (χ0n) is 20.7. The van der Waals surface area contributed by atoms with E-state index in [1.165, 1.54) is 24.6 Å². The zero-order valence-corrected chi connectivity index (χ0v) is 23.1. The van der Waals surface area contributed by atoms with Crippen LogP contribution in [0.25, 0.3) is 5.65 Å². The summed E-state index contributed by atoms with van der Waals surface area (Å²) in [5, 5.41) is 4.51. The van der Waals surface area contributed by atoms with Crippen LogP contribution >= 0.6 is 15.9 Å². The lowest BCUT2D eigenvalue weighted by molar-refractivity contribution is 0.310. The quantitative estimate of drug-likeness (QED) is 0.304. The summed E-state index contributed by atoms with van der Waals surface area (Å²) in [6, 6.07) is 10.9. The van der Waals surface area contributed by atoms with Gasteiger partial charge in [-0.25, -0.2) is 17.9 Å². The number of fused-ring (bicyclic) bond motifs is 1. The van der Waals surface area contributed by atoms with Gasteiger partial charge in [0, 0.05) is 48.9 Å². The Kier molecular flexibility index (Phi) is 7.45. The highest BCUT2D eigenvalue weighted by Crippen LogP contribution is 2.35. The number of hydrogen-bond acceptors (Lipinski definition) is 7. The van der Waals surface area contributed by atoms with Crippen molar-refractivity contribution in [1.82, 2.24) is 23.9 Å². The van der Waals surface area contributed by atoms with Crippen molar-refractivity contribution in [2.24, 2.45) is 0 Å². The molecular formula is C26H28BrN5O4S. The average molecular weight is 587 g/mol. The lowest BCUT2D eigenvalue weighted by Gasteiger charge is -2.32. The molecule has 0 bridgehead atoms. The topological polar surface area (TPSA) is 98.9 Å². The Balaban J connectivity index is 1.45. The van der Waals surface area contributed by atoms with Crippen LogP contribution in [-0.2, 0) is 22.9 Å². The van der Waals surface area contributed by atoms with Crippen LogP contribution in [0.4, 0.5) is 0 Å². The number of pyridine rings is 1. The number of aromatic nitrogens is 4. The zero-order chi connectivity index (χ0) is 26.0. The Morgan fingerprint density at radius 3 is 2.73 bits per heavy atom. The number of rotatable bonds is 8. The molecule has 1 atom stereocenters. The summed E-state index contributed by atoms with van der Waals surface area (Å²) in [5.74, 6) is 0.705. The maximum absolute atomic E-state index is 13.7. The number of nitrogens with zero attached hydrogens (tertiary/aromatic N) is 5. The molecular weight excluding hydrogens is 558 g/mol. The summed E-state index contributed by atoms with van der Waals surface area (Å²) in [6.45, 7) is 0.769. The van der Waals surface area contributed by atoms with Crippen LogP contribution in [0.3, 0.4) is 0 Å². The van der Waals surface area contributed by atoms with Crippen molar-refractivity contribution >= 4 is 31.6 Å². The molecule has 1 aliphatic heterocycles. The second-order valence-electron chi connectivity index (χ2n) is 8.98. The molecule has 0 radical (unpaired) electrons. The molecule has 194 valence electrons. The molecule has 3 aromatic heterocycles. The Bertz CT molecular complexity index is 1510. The van der Waals surface area contributed by atoms with Crippen molar-refractivity contribution < 1.29 is 17.9 Å². The van der Waals surface area contributed by atoms with Gasteiger partial charge in [0.1, 0.15) is 16.4 Å². The first-order valence-corrected chi connectivity index (χ1v) is 14.3. The van der Waals surface area contributed by atoms with Crippen molar-refractivity contribution in [3.63, 3.8) is 0 Å². The summed E-state index contributed by atoms with van der Waals surface area (Å²) >= 11 is 3.57. The highest BCUT2D eigenvalue weighted by Gasteiger charge is 2.34. The monoisotopic (exact) mass is 585 g/mol. The number of aryl methyl sites for hydroxylation is 2. The summed E-state index contributed by atoms with van der Waals surface area (Å²) < 4.78 is 42.2. The van der Waals surface area contributed by atoms with Gasteiger partial charge in [0.25, 0.3) is 0 Å². The Morgan fingerprint density at radius 2 is 1.97 bits per heavy atom. The van der Waals surface area contributed by atoms with Crippen molar-refractivity contribution in [3.05, 3.63) is 76.4 Å². The molecule has 4 aromatic rings. The third kappa shape index (κ3) is 5.21. The minimum absolute atomic E-state index is 0.0518. The second-order valence-corrected chi connectivity index (χ2v) is 11.7. The van der Waals surface area contributed by atoms with Gasteiger partial charge in [-0.1, -0.05) is 6.07 Å². The first-order chi connectivity index (χ1) is 17.9. The van der Waals surface area contributed by atoms with E-state index in [1.54, 1.807) is 24.5 Å². The van der Waals surface area contributed by atoms with Gasteiger partial charge in [0.2, 0.25) is 10.0 Å². The number of methoxy groups -OCH3 is 2. The molecule has 1 saturated heterocycles. The second kappa shape index (κ2) is 10.8. The van der Waals surface area contributed by atoms with Crippen LogP contribution in [0.15, 0.2) is 64.4 Å². The van der Waals surface area contributed by atoms with Gasteiger partial charge in [-0.15, -0.1) is 0 Å². The summed E-state index contributed by atoms with van der Waals surface area (Å²) in [6.07, 6.45) is 8.52. The number of hydrogen-bond donors (Lipinski definition) is 0. The molecule has 0 saturated carbocycles. The van der Waals surface area contributed by atoms with Crippen molar-refractivity contribution in [2.45, 2.75) is 36.5 Å². The van der Waals surface area contributed by atoms with Crippen LogP contribution in [0.1, 0.15) is 35.7 Å². The fourth-order valence-corrected chi connectivity index (χ4v) is 6.79. The van der Waals surface area contributed by atoms with Gasteiger partial charge in [0.05, 0.1) is 24.9 Å². The molecule has 9 nitrogen and oxygen atoms in total. The fraction of sp³-hybridized carbons (Fsp3) is 0.346. The van der Waals surface area contributed by atoms with E-state index in [-0.39, 0.29) is 10.8 Å². The van der Waals surface area contributed by atoms with Crippen LogP contribution in [0.2, 0.25) is 0 Å². The third-order valence-electron chi connectivity index (χ3n) is 6.71. The normalized spacial score (nSPS) is 16.7. The number of piperidine rings is 1. The molecule has 0 spiro atoms. The van der Waals surface area contributed by atoms with Crippen LogP contribution in [0.5, 0.6) is 11.5 Å². The molecule has 1 unspecified atom stereocenters. The van der Waals surface area contributed by atoms with Gasteiger partial charge in [-0.3, -0.25) is 4.98 Å². The maximum Gasteiger partial charge on any atom is 0.246 e. The minimum atomic E-state index is -3.81. The van der Waals surface area contributed by atoms with Crippen LogP contribution in [0, 0.1) is 0 Å². The predicted octanol–water partition coefficient (Wildman–Crippen LogP) is 4.26. The first-order valence-electron chi connectivity index (χ1n) is 12.0. The Hall–Kier alpha value is -3.02. The van der Waals surface area contributed by atoms with Crippen molar-refractivity contribution in [2.75, 3.05) is 27.3 Å². The highest BCUT2D eigenvalue weighted by atomic mass is 79.9. The molecule has 0 aliphatic carbocycles. The SMILES string of the molecule is COc1ccc(OC)c(S(=O)(=O)N2CCCC(c3cc(CCc4cccnc4)n4ncc(Br)c4n3)C2)c1. The maximum atomic E-state index is 13.7. The van der Waals surface area contributed by atoms with E-state index >= 15 is 0 Å². The fourth-order valence-electron chi connectivity index (χ4n) is 4.75. The molecule has 1 fully saturated rings. The molecule has 0 N–H and O–H groups in total. The van der Waals surface area contributed by atoms with E-state index in [4.69, 9.17) is 14.5 Å². The molecule has 1 aromatic carbocycles. The van der Waals surface area contributed by atoms with Gasteiger partial charge in [-0.05, 0) is 71.4 Å². The molecule has 11 heteroatoms. The molecule has 4 heterocycles. The number of benzene rings is 1. The Morgan fingerprint density at radius 1 is 1.11 bits per heavy atom. The molecule has 5 rings (SSSR count). The van der Waals surface area contributed by atoms with E-state index < -0.39 is 10.0 Å². The lowest BCUT2D eigenvalue weighted by Crippen LogP contribution is -2.39. The number of sulfonamides is 1. The van der Waals surface area contributed by atoms with E-state index in [0.29, 0.717) is 24.6 Å². The van der Waals surface area contributed by atoms with Crippen LogP contribution < -0.4 is 9.47 Å². The summed E-state index contributed by atoms with van der Waals surface area (Å²) in [5.41, 5.74) is 3.76. The number of halogens is 1. The largest absolute Gasteiger partial charge is 0.497 e. The van der Waals surface area contributed by atoms with E-state index in [0.717, 1.165) is 52.8 Å². The summed E-state index contributed by atoms with van der Waals surface area (Å²) in [4.78, 5) is 9.22. The van der Waals surface area contributed by atoms with Gasteiger partial charge in [-0.2, -0.15) is 9.40 Å². The summed E-state index contributed by atoms with van der Waals surface area (Å²) in [7, 11) is -0.829. The smallest absolute Gasteiger partial charge is 0.246 e. The van der Waals surface area contributed by atoms with Crippen molar-refractivity contribution in [1.29, 1.82) is 0 Å². The molecule has 37 heavy (non-hydrogen) atoms. The van der Waals surface area contributed by atoms with Gasteiger partial charge in [0.15, 0.2) is 5.65 Å².